The molecule has 0 aliphatic carbocycles. The predicted octanol–water partition coefficient (Wildman–Crippen LogP) is 11.4. The van der Waals surface area contributed by atoms with E-state index in [1.54, 1.807) is 17.5 Å². The largest absolute Gasteiger partial charge is 0.454 e. The number of pyridine rings is 1. The molecule has 0 bridgehead atoms. The molecule has 6 heteroatoms. The molecule has 48 heavy (non-hydrogen) atoms. The minimum Gasteiger partial charge on any atom is -0.454 e. The van der Waals surface area contributed by atoms with Gasteiger partial charge in [-0.1, -0.05) is 115 Å². The summed E-state index contributed by atoms with van der Waals surface area (Å²) in [7, 11) is 0. The van der Waals surface area contributed by atoms with E-state index in [0.717, 1.165) is 48.9 Å². The molecule has 0 unspecified atom stereocenters. The second kappa shape index (κ2) is 10.7. The number of nitrogens with zero attached hydrogens (tertiary/aromatic N) is 4. The molecule has 0 fully saturated rings. The lowest BCUT2D eigenvalue weighted by molar-refractivity contribution is 0.668. The van der Waals surface area contributed by atoms with Crippen LogP contribution in [0.3, 0.4) is 0 Å². The topological polar surface area (TPSA) is 64.7 Å². The van der Waals surface area contributed by atoms with Crippen molar-refractivity contribution in [1.29, 1.82) is 0 Å². The number of hydrogen-bond acceptors (Lipinski definition) is 6. The highest BCUT2D eigenvalue weighted by Gasteiger charge is 2.21. The first-order valence-corrected chi connectivity index (χ1v) is 16.6. The summed E-state index contributed by atoms with van der Waals surface area (Å²) < 4.78 is 8.99. The molecule has 224 valence electrons. The van der Waals surface area contributed by atoms with E-state index in [1.807, 2.05) is 36.5 Å². The van der Waals surface area contributed by atoms with Crippen LogP contribution >= 0.6 is 11.3 Å². The van der Waals surface area contributed by atoms with E-state index in [2.05, 4.69) is 108 Å². The molecule has 4 heterocycles. The van der Waals surface area contributed by atoms with Gasteiger partial charge in [0, 0.05) is 59.4 Å². The summed E-state index contributed by atoms with van der Waals surface area (Å²) in [6.45, 7) is 0. The molecule has 0 N–H and O–H groups in total. The Hall–Kier alpha value is -6.24. The molecule has 0 amide bonds. The number of benzene rings is 6. The average molecular weight is 633 g/mol. The molecule has 0 aliphatic rings. The minimum atomic E-state index is 0.550. The van der Waals surface area contributed by atoms with Gasteiger partial charge in [-0.05, 0) is 34.5 Å². The molecule has 0 atom stereocenters. The summed E-state index contributed by atoms with van der Waals surface area (Å²) in [4.78, 5) is 19.9. The van der Waals surface area contributed by atoms with Crippen molar-refractivity contribution < 1.29 is 4.42 Å². The SMILES string of the molecule is c1ccc(-c2nc(-c3cccc4c3sc3ccccc34)nc(-c3cncc4oc5c(-c6ccc7ccccc7c6)cccc5c34)n2)cc1. The van der Waals surface area contributed by atoms with Crippen molar-refractivity contribution in [2.75, 3.05) is 0 Å². The second-order valence-electron chi connectivity index (χ2n) is 11.9. The van der Waals surface area contributed by atoms with Crippen LogP contribution < -0.4 is 0 Å². The van der Waals surface area contributed by atoms with Crippen LogP contribution in [0.2, 0.25) is 0 Å². The maximum absolute atomic E-state index is 6.60. The van der Waals surface area contributed by atoms with E-state index in [9.17, 15) is 0 Å². The molecule has 10 rings (SSSR count). The highest BCUT2D eigenvalue weighted by molar-refractivity contribution is 7.26. The molecule has 0 spiro atoms. The zero-order valence-corrected chi connectivity index (χ0v) is 26.3. The number of aromatic nitrogens is 4. The average Bonchev–Trinajstić information content (AvgIpc) is 3.73. The number of furan rings is 1. The molecule has 10 aromatic rings. The van der Waals surface area contributed by atoms with Crippen LogP contribution in [-0.2, 0) is 0 Å². The summed E-state index contributed by atoms with van der Waals surface area (Å²) in [5.74, 6) is 1.78. The number of para-hydroxylation sites is 1. The Labute approximate surface area is 278 Å². The lowest BCUT2D eigenvalue weighted by atomic mass is 9.98. The zero-order chi connectivity index (χ0) is 31.6. The van der Waals surface area contributed by atoms with E-state index in [-0.39, 0.29) is 0 Å². The highest BCUT2D eigenvalue weighted by Crippen LogP contribution is 2.42. The van der Waals surface area contributed by atoms with Gasteiger partial charge < -0.3 is 4.42 Å². The Morgan fingerprint density at radius 3 is 2.08 bits per heavy atom. The van der Waals surface area contributed by atoms with E-state index < -0.39 is 0 Å². The van der Waals surface area contributed by atoms with Crippen molar-refractivity contribution in [2.45, 2.75) is 0 Å². The Balaban J connectivity index is 1.22. The molecule has 4 aromatic heterocycles. The summed E-state index contributed by atoms with van der Waals surface area (Å²) in [5.41, 5.74) is 6.31. The van der Waals surface area contributed by atoms with Crippen LogP contribution in [0.15, 0.2) is 150 Å². The Morgan fingerprint density at radius 1 is 0.479 bits per heavy atom. The highest BCUT2D eigenvalue weighted by atomic mass is 32.1. The Morgan fingerprint density at radius 2 is 1.19 bits per heavy atom. The van der Waals surface area contributed by atoms with Crippen LogP contribution in [0, 0.1) is 0 Å². The van der Waals surface area contributed by atoms with Gasteiger partial charge in [0.2, 0.25) is 0 Å². The first-order chi connectivity index (χ1) is 23.8. The third kappa shape index (κ3) is 4.24. The van der Waals surface area contributed by atoms with E-state index in [4.69, 9.17) is 19.4 Å². The lowest BCUT2D eigenvalue weighted by Gasteiger charge is -2.09. The molecule has 0 saturated heterocycles. The van der Waals surface area contributed by atoms with Gasteiger partial charge in [-0.25, -0.2) is 15.0 Å². The van der Waals surface area contributed by atoms with Crippen LogP contribution in [0.4, 0.5) is 0 Å². The van der Waals surface area contributed by atoms with Gasteiger partial charge in [0.25, 0.3) is 0 Å². The molecular formula is C42H24N4OS. The fourth-order valence-corrected chi connectivity index (χ4v) is 7.97. The fraction of sp³-hybridized carbons (Fsp3) is 0. The first-order valence-electron chi connectivity index (χ1n) is 15.8. The van der Waals surface area contributed by atoms with Crippen LogP contribution in [0.5, 0.6) is 0 Å². The Bertz CT molecular complexity index is 2860. The number of hydrogen-bond donors (Lipinski definition) is 0. The smallest absolute Gasteiger partial charge is 0.166 e. The predicted molar refractivity (Wildman–Crippen MR) is 197 cm³/mol. The monoisotopic (exact) mass is 632 g/mol. The normalized spacial score (nSPS) is 11.8. The second-order valence-corrected chi connectivity index (χ2v) is 12.9. The minimum absolute atomic E-state index is 0.550. The zero-order valence-electron chi connectivity index (χ0n) is 25.5. The quantitative estimate of drug-likeness (QED) is 0.193. The van der Waals surface area contributed by atoms with E-state index >= 15 is 0 Å². The lowest BCUT2D eigenvalue weighted by Crippen LogP contribution is -2.00. The maximum Gasteiger partial charge on any atom is 0.166 e. The molecule has 0 saturated carbocycles. The molecular weight excluding hydrogens is 609 g/mol. The van der Waals surface area contributed by atoms with Gasteiger partial charge in [0.05, 0.1) is 6.20 Å². The summed E-state index contributed by atoms with van der Waals surface area (Å²) in [5, 5.41) is 6.74. The summed E-state index contributed by atoms with van der Waals surface area (Å²) in [6.07, 6.45) is 3.62. The van der Waals surface area contributed by atoms with Gasteiger partial charge in [-0.3, -0.25) is 4.98 Å². The third-order valence-corrected chi connectivity index (χ3v) is 10.2. The van der Waals surface area contributed by atoms with Crippen molar-refractivity contribution in [2.24, 2.45) is 0 Å². The third-order valence-electron chi connectivity index (χ3n) is 9.02. The molecule has 0 aliphatic heterocycles. The van der Waals surface area contributed by atoms with Gasteiger partial charge in [0.15, 0.2) is 23.1 Å². The molecule has 6 aromatic carbocycles. The molecule has 5 nitrogen and oxygen atoms in total. The summed E-state index contributed by atoms with van der Waals surface area (Å²) >= 11 is 1.76. The standard InChI is InChI=1S/C42H24N4OS/c1-2-11-26(12-3-1)40-44-41(33-18-9-16-31-30-14-6-7-19-36(30)48-39(31)33)46-42(45-40)34-23-43-24-35-37(34)32-17-8-15-29(38(32)47-35)28-21-20-25-10-4-5-13-27(25)22-28/h1-24H. The van der Waals surface area contributed by atoms with Crippen LogP contribution in [0.25, 0.3) is 98.2 Å². The van der Waals surface area contributed by atoms with Gasteiger partial charge in [-0.2, -0.15) is 0 Å². The van der Waals surface area contributed by atoms with Crippen molar-refractivity contribution in [3.8, 4) is 45.3 Å². The van der Waals surface area contributed by atoms with Gasteiger partial charge in [-0.15, -0.1) is 11.3 Å². The fourth-order valence-electron chi connectivity index (χ4n) is 6.76. The number of thiophene rings is 1. The van der Waals surface area contributed by atoms with Crippen molar-refractivity contribution >= 4 is 64.2 Å². The van der Waals surface area contributed by atoms with Gasteiger partial charge in [0.1, 0.15) is 5.58 Å². The first kappa shape index (κ1) is 26.9. The van der Waals surface area contributed by atoms with E-state index in [1.165, 1.54) is 26.2 Å². The summed E-state index contributed by atoms with van der Waals surface area (Å²) in [6, 6.07) is 46.2. The van der Waals surface area contributed by atoms with Crippen LogP contribution in [-0.4, -0.2) is 19.9 Å². The maximum atomic E-state index is 6.60. The van der Waals surface area contributed by atoms with Crippen molar-refractivity contribution in [3.05, 3.63) is 146 Å². The van der Waals surface area contributed by atoms with Crippen molar-refractivity contribution in [3.63, 3.8) is 0 Å². The van der Waals surface area contributed by atoms with E-state index in [0.29, 0.717) is 23.1 Å². The van der Waals surface area contributed by atoms with Gasteiger partial charge >= 0.3 is 0 Å². The van der Waals surface area contributed by atoms with Crippen LogP contribution in [0.1, 0.15) is 0 Å². The number of rotatable bonds is 4. The molecule has 0 radical (unpaired) electrons. The Kier molecular flexibility index (Phi) is 5.98. The number of fused-ring (bicyclic) bond motifs is 7. The van der Waals surface area contributed by atoms with Crippen molar-refractivity contribution in [1.82, 2.24) is 19.9 Å².